The van der Waals surface area contributed by atoms with Gasteiger partial charge in [-0.1, -0.05) is 13.8 Å². The van der Waals surface area contributed by atoms with Crippen molar-refractivity contribution in [2.24, 2.45) is 0 Å². The summed E-state index contributed by atoms with van der Waals surface area (Å²) in [6, 6.07) is 0.359. The lowest BCUT2D eigenvalue weighted by Gasteiger charge is -2.25. The summed E-state index contributed by atoms with van der Waals surface area (Å²) in [5.74, 6) is -0.307. The van der Waals surface area contributed by atoms with Crippen LogP contribution in [0.4, 0.5) is 5.82 Å². The molecule has 2 aromatic heterocycles. The molecule has 4 atom stereocenters. The van der Waals surface area contributed by atoms with E-state index in [1.54, 1.807) is 6.33 Å². The molecule has 3 N–H and O–H groups in total. The smallest absolute Gasteiger partial charge is 0.167 e. The summed E-state index contributed by atoms with van der Waals surface area (Å²) in [4.78, 5) is 12.6. The Morgan fingerprint density at radius 3 is 2.76 bits per heavy atom. The zero-order chi connectivity index (χ0) is 17.8. The van der Waals surface area contributed by atoms with Crippen LogP contribution in [0.3, 0.4) is 0 Å². The maximum Gasteiger partial charge on any atom is 0.167 e. The van der Waals surface area contributed by atoms with Crippen molar-refractivity contribution >= 4 is 17.0 Å². The summed E-state index contributed by atoms with van der Waals surface area (Å²) in [7, 11) is 0. The van der Waals surface area contributed by atoms with Crippen LogP contribution in [0.1, 0.15) is 33.9 Å². The summed E-state index contributed by atoms with van der Waals surface area (Å²) in [5.41, 5.74) is 7.08. The zero-order valence-corrected chi connectivity index (χ0v) is 14.8. The summed E-state index contributed by atoms with van der Waals surface area (Å²) in [6.45, 7) is 8.72. The van der Waals surface area contributed by atoms with E-state index < -0.39 is 5.79 Å². The van der Waals surface area contributed by atoms with Crippen molar-refractivity contribution < 1.29 is 14.2 Å². The van der Waals surface area contributed by atoms with Gasteiger partial charge in [0.15, 0.2) is 23.5 Å². The summed E-state index contributed by atoms with van der Waals surface area (Å²) >= 11 is 0. The van der Waals surface area contributed by atoms with E-state index in [-0.39, 0.29) is 24.5 Å². The molecule has 4 heterocycles. The quantitative estimate of drug-likeness (QED) is 0.836. The van der Waals surface area contributed by atoms with Gasteiger partial charge >= 0.3 is 0 Å². The second-order valence-electron chi connectivity index (χ2n) is 7.28. The highest BCUT2D eigenvalue weighted by molar-refractivity contribution is 5.81. The van der Waals surface area contributed by atoms with Crippen molar-refractivity contribution in [3.05, 3.63) is 12.7 Å². The van der Waals surface area contributed by atoms with Crippen LogP contribution in [-0.2, 0) is 14.2 Å². The Hall–Kier alpha value is -1.81. The average Bonchev–Trinajstić information content (AvgIpc) is 3.17. The van der Waals surface area contributed by atoms with E-state index >= 15 is 0 Å². The molecule has 0 amide bonds. The van der Waals surface area contributed by atoms with E-state index in [4.69, 9.17) is 19.9 Å². The Morgan fingerprint density at radius 1 is 1.24 bits per heavy atom. The number of nitrogens with one attached hydrogen (secondary N) is 1. The van der Waals surface area contributed by atoms with Gasteiger partial charge in [0, 0.05) is 12.6 Å². The van der Waals surface area contributed by atoms with E-state index in [1.165, 1.54) is 6.33 Å². The molecular formula is C16H24N6O3. The van der Waals surface area contributed by atoms with Crippen LogP contribution in [0.25, 0.3) is 11.2 Å². The van der Waals surface area contributed by atoms with Crippen LogP contribution in [0.5, 0.6) is 0 Å². The van der Waals surface area contributed by atoms with Crippen molar-refractivity contribution in [2.45, 2.75) is 64.1 Å². The molecule has 0 aromatic carbocycles. The Morgan fingerprint density at radius 2 is 2.00 bits per heavy atom. The molecule has 2 aliphatic heterocycles. The maximum atomic E-state index is 6.27. The molecule has 0 spiro atoms. The highest BCUT2D eigenvalue weighted by Gasteiger charge is 2.55. The Bertz CT molecular complexity index is 776. The fourth-order valence-electron chi connectivity index (χ4n) is 3.46. The number of imidazole rings is 1. The lowest BCUT2D eigenvalue weighted by atomic mass is 10.1. The minimum atomic E-state index is -0.655. The first-order chi connectivity index (χ1) is 11.9. The minimum absolute atomic E-state index is 0.129. The van der Waals surface area contributed by atoms with E-state index in [0.717, 1.165) is 0 Å². The van der Waals surface area contributed by atoms with Gasteiger partial charge in [0.2, 0.25) is 0 Å². The average molecular weight is 348 g/mol. The Kier molecular flexibility index (Phi) is 3.91. The largest absolute Gasteiger partial charge is 0.382 e. The fraction of sp³-hybridized carbons (Fsp3) is 0.688. The fourth-order valence-corrected chi connectivity index (χ4v) is 3.46. The maximum absolute atomic E-state index is 6.27. The topological polar surface area (TPSA) is 109 Å². The van der Waals surface area contributed by atoms with Crippen LogP contribution >= 0.6 is 0 Å². The van der Waals surface area contributed by atoms with Crippen molar-refractivity contribution in [1.82, 2.24) is 24.8 Å². The molecule has 25 heavy (non-hydrogen) atoms. The molecule has 2 aliphatic rings. The summed E-state index contributed by atoms with van der Waals surface area (Å²) in [6.07, 6.45) is 2.17. The first kappa shape index (κ1) is 16.6. The number of hydrogen-bond acceptors (Lipinski definition) is 8. The molecule has 136 valence electrons. The molecule has 2 fully saturated rings. The standard InChI is InChI=1S/C16H24N6O3/c1-8(2)18-5-9-11-12(25-16(3,4)24-11)15(23-9)22-7-21-10-13(17)19-6-20-14(10)22/h6-9,11-12,15,18H,5H2,1-4H3,(H2,17,19,20)/t9?,11-,12-,15-/m1/s1. The second-order valence-corrected chi connectivity index (χ2v) is 7.28. The lowest BCUT2D eigenvalue weighted by Crippen LogP contribution is -2.39. The SMILES string of the molecule is CC(C)NCC1O[C@@H](n2cnc3c(N)ncnc32)[C@@H]2OC(C)(C)O[C@H]12. The predicted molar refractivity (Wildman–Crippen MR) is 90.6 cm³/mol. The first-order valence-electron chi connectivity index (χ1n) is 8.53. The lowest BCUT2D eigenvalue weighted by molar-refractivity contribution is -0.195. The molecule has 0 radical (unpaired) electrons. The van der Waals surface area contributed by atoms with E-state index in [9.17, 15) is 0 Å². The number of aromatic nitrogens is 4. The number of ether oxygens (including phenoxy) is 3. The zero-order valence-electron chi connectivity index (χ0n) is 14.8. The third kappa shape index (κ3) is 2.86. The van der Waals surface area contributed by atoms with Gasteiger partial charge in [0.25, 0.3) is 0 Å². The second kappa shape index (κ2) is 5.87. The number of nitrogen functional groups attached to an aromatic ring is 1. The van der Waals surface area contributed by atoms with E-state index in [2.05, 4.69) is 34.1 Å². The monoisotopic (exact) mass is 348 g/mol. The van der Waals surface area contributed by atoms with Crippen LogP contribution in [-0.4, -0.2) is 56.2 Å². The first-order valence-corrected chi connectivity index (χ1v) is 8.53. The van der Waals surface area contributed by atoms with Gasteiger partial charge < -0.3 is 25.3 Å². The van der Waals surface area contributed by atoms with Gasteiger partial charge in [-0.25, -0.2) is 15.0 Å². The Labute approximate surface area is 145 Å². The van der Waals surface area contributed by atoms with Gasteiger partial charge in [-0.2, -0.15) is 0 Å². The molecule has 9 nitrogen and oxygen atoms in total. The van der Waals surface area contributed by atoms with E-state index in [1.807, 2.05) is 18.4 Å². The molecule has 2 saturated heterocycles. The normalized spacial score (nSPS) is 31.1. The van der Waals surface area contributed by atoms with Crippen LogP contribution in [0.15, 0.2) is 12.7 Å². The summed E-state index contributed by atoms with van der Waals surface area (Å²) in [5, 5.41) is 3.41. The number of fused-ring (bicyclic) bond motifs is 2. The highest BCUT2D eigenvalue weighted by Crippen LogP contribution is 2.43. The number of nitrogens with two attached hydrogens (primary N) is 1. The third-order valence-electron chi connectivity index (χ3n) is 4.51. The van der Waals surface area contributed by atoms with Gasteiger partial charge in [0.1, 0.15) is 30.2 Å². The third-order valence-corrected chi connectivity index (χ3v) is 4.51. The van der Waals surface area contributed by atoms with Crippen LogP contribution < -0.4 is 11.1 Å². The highest BCUT2D eigenvalue weighted by atomic mass is 16.8. The number of anilines is 1. The molecule has 2 aromatic rings. The molecular weight excluding hydrogens is 324 g/mol. The molecule has 1 unspecified atom stereocenters. The minimum Gasteiger partial charge on any atom is -0.382 e. The van der Waals surface area contributed by atoms with Gasteiger partial charge in [-0.05, 0) is 13.8 Å². The number of hydrogen-bond donors (Lipinski definition) is 2. The van der Waals surface area contributed by atoms with Crippen molar-refractivity contribution in [3.8, 4) is 0 Å². The van der Waals surface area contributed by atoms with Crippen LogP contribution in [0.2, 0.25) is 0 Å². The van der Waals surface area contributed by atoms with E-state index in [0.29, 0.717) is 29.6 Å². The van der Waals surface area contributed by atoms with Crippen molar-refractivity contribution in [1.29, 1.82) is 0 Å². The predicted octanol–water partition coefficient (Wildman–Crippen LogP) is 0.824. The van der Waals surface area contributed by atoms with Crippen molar-refractivity contribution in [2.75, 3.05) is 12.3 Å². The van der Waals surface area contributed by atoms with Crippen LogP contribution in [0, 0.1) is 0 Å². The van der Waals surface area contributed by atoms with Crippen molar-refractivity contribution in [3.63, 3.8) is 0 Å². The summed E-state index contributed by atoms with van der Waals surface area (Å²) < 4.78 is 20.4. The van der Waals surface area contributed by atoms with Gasteiger partial charge in [-0.3, -0.25) is 4.57 Å². The Balaban J connectivity index is 1.67. The molecule has 4 rings (SSSR count). The van der Waals surface area contributed by atoms with Gasteiger partial charge in [0.05, 0.1) is 6.33 Å². The molecule has 9 heteroatoms. The van der Waals surface area contributed by atoms with Gasteiger partial charge in [-0.15, -0.1) is 0 Å². The number of nitrogens with zero attached hydrogens (tertiary/aromatic N) is 4. The molecule has 0 bridgehead atoms. The molecule has 0 saturated carbocycles. The number of rotatable bonds is 4. The molecule has 0 aliphatic carbocycles.